The Kier molecular flexibility index (Phi) is 3.15. The number of rotatable bonds is 3. The normalized spacial score (nSPS) is 10.9. The molecule has 0 bridgehead atoms. The molecule has 0 unspecified atom stereocenters. The van der Waals surface area contributed by atoms with Gasteiger partial charge >= 0.3 is 0 Å². The zero-order chi connectivity index (χ0) is 14.1. The minimum absolute atomic E-state index is 0.724. The van der Waals surface area contributed by atoms with Gasteiger partial charge in [-0.15, -0.1) is 0 Å². The van der Waals surface area contributed by atoms with Crippen LogP contribution in [0.1, 0.15) is 27.0 Å². The van der Waals surface area contributed by atoms with Crippen LogP contribution in [-0.4, -0.2) is 10.9 Å². The second kappa shape index (κ2) is 4.97. The van der Waals surface area contributed by atoms with Gasteiger partial charge in [-0.25, -0.2) is 0 Å². The molecule has 0 aliphatic heterocycles. The van der Waals surface area contributed by atoms with Gasteiger partial charge in [-0.3, -0.25) is 4.79 Å². The zero-order valence-electron chi connectivity index (χ0n) is 11.8. The number of fused-ring (bicyclic) bond motifs is 1. The van der Waals surface area contributed by atoms with Crippen molar-refractivity contribution in [2.24, 2.45) is 0 Å². The summed E-state index contributed by atoms with van der Waals surface area (Å²) in [6.07, 6.45) is 2.97. The quantitative estimate of drug-likeness (QED) is 0.651. The standard InChI is InChI=1S/C18H17NO/c1-13-3-4-15(9-14(13)2)11-19-8-7-17-10-16(12-20)5-6-18(17)19/h3-10,12H,11H2,1-2H3. The molecule has 2 aromatic carbocycles. The van der Waals surface area contributed by atoms with Crippen molar-refractivity contribution in [2.75, 3.05) is 0 Å². The first-order valence-corrected chi connectivity index (χ1v) is 6.77. The molecule has 0 fully saturated rings. The highest BCUT2D eigenvalue weighted by Crippen LogP contribution is 2.19. The molecule has 0 radical (unpaired) electrons. The highest BCUT2D eigenvalue weighted by Gasteiger charge is 2.03. The van der Waals surface area contributed by atoms with Crippen LogP contribution in [0.3, 0.4) is 0 Å². The Morgan fingerprint density at radius 1 is 1.00 bits per heavy atom. The van der Waals surface area contributed by atoms with E-state index in [-0.39, 0.29) is 0 Å². The summed E-state index contributed by atoms with van der Waals surface area (Å²) in [6, 6.07) is 14.4. The van der Waals surface area contributed by atoms with Crippen LogP contribution < -0.4 is 0 Å². The van der Waals surface area contributed by atoms with E-state index in [1.54, 1.807) is 0 Å². The summed E-state index contributed by atoms with van der Waals surface area (Å²) in [7, 11) is 0. The van der Waals surface area contributed by atoms with E-state index in [9.17, 15) is 4.79 Å². The van der Waals surface area contributed by atoms with Crippen LogP contribution >= 0.6 is 0 Å². The van der Waals surface area contributed by atoms with Gasteiger partial charge in [0.05, 0.1) is 0 Å². The Morgan fingerprint density at radius 2 is 1.85 bits per heavy atom. The van der Waals surface area contributed by atoms with E-state index in [0.29, 0.717) is 0 Å². The molecule has 0 N–H and O–H groups in total. The maximum atomic E-state index is 10.8. The van der Waals surface area contributed by atoms with Crippen molar-refractivity contribution in [1.82, 2.24) is 4.57 Å². The van der Waals surface area contributed by atoms with E-state index in [4.69, 9.17) is 0 Å². The Bertz CT molecular complexity index is 783. The summed E-state index contributed by atoms with van der Waals surface area (Å²) in [4.78, 5) is 10.8. The zero-order valence-corrected chi connectivity index (χ0v) is 11.8. The van der Waals surface area contributed by atoms with Crippen molar-refractivity contribution >= 4 is 17.2 Å². The molecule has 100 valence electrons. The van der Waals surface area contributed by atoms with Crippen molar-refractivity contribution < 1.29 is 4.79 Å². The molecule has 0 spiro atoms. The molecule has 3 aromatic rings. The lowest BCUT2D eigenvalue weighted by Gasteiger charge is -2.08. The molecule has 3 rings (SSSR count). The number of benzene rings is 2. The highest BCUT2D eigenvalue weighted by molar-refractivity contribution is 5.87. The average Bonchev–Trinajstić information content (AvgIpc) is 2.85. The summed E-state index contributed by atoms with van der Waals surface area (Å²) < 4.78 is 2.22. The van der Waals surface area contributed by atoms with Gasteiger partial charge in [-0.2, -0.15) is 0 Å². The molecular formula is C18H17NO. The predicted octanol–water partition coefficient (Wildman–Crippen LogP) is 4.12. The lowest BCUT2D eigenvalue weighted by molar-refractivity contribution is 0.112. The highest BCUT2D eigenvalue weighted by atomic mass is 16.1. The number of aldehydes is 1. The first-order chi connectivity index (χ1) is 9.67. The monoisotopic (exact) mass is 263 g/mol. The smallest absolute Gasteiger partial charge is 0.150 e. The second-order valence-corrected chi connectivity index (χ2v) is 5.30. The van der Waals surface area contributed by atoms with E-state index >= 15 is 0 Å². The van der Waals surface area contributed by atoms with Crippen LogP contribution in [0.4, 0.5) is 0 Å². The fourth-order valence-electron chi connectivity index (χ4n) is 2.53. The number of aromatic nitrogens is 1. The fraction of sp³-hybridized carbons (Fsp3) is 0.167. The third-order valence-electron chi connectivity index (χ3n) is 3.86. The maximum Gasteiger partial charge on any atom is 0.150 e. The van der Waals surface area contributed by atoms with Crippen LogP contribution in [0.15, 0.2) is 48.7 Å². The molecule has 1 heterocycles. The van der Waals surface area contributed by atoms with Gasteiger partial charge in [0.25, 0.3) is 0 Å². The summed E-state index contributed by atoms with van der Waals surface area (Å²) in [5.41, 5.74) is 5.82. The molecule has 0 amide bonds. The average molecular weight is 263 g/mol. The third kappa shape index (κ3) is 2.25. The van der Waals surface area contributed by atoms with E-state index in [2.05, 4.69) is 48.9 Å². The largest absolute Gasteiger partial charge is 0.343 e. The minimum Gasteiger partial charge on any atom is -0.343 e. The molecule has 0 aliphatic carbocycles. The van der Waals surface area contributed by atoms with Crippen LogP contribution in [-0.2, 0) is 6.54 Å². The first kappa shape index (κ1) is 12.7. The van der Waals surface area contributed by atoms with E-state index in [1.165, 1.54) is 16.7 Å². The van der Waals surface area contributed by atoms with Crippen molar-refractivity contribution in [3.63, 3.8) is 0 Å². The number of carbonyl (C=O) groups excluding carboxylic acids is 1. The fourth-order valence-corrected chi connectivity index (χ4v) is 2.53. The van der Waals surface area contributed by atoms with Gasteiger partial charge in [0, 0.05) is 29.2 Å². The van der Waals surface area contributed by atoms with Crippen molar-refractivity contribution in [2.45, 2.75) is 20.4 Å². The molecular weight excluding hydrogens is 246 g/mol. The first-order valence-electron chi connectivity index (χ1n) is 6.77. The third-order valence-corrected chi connectivity index (χ3v) is 3.86. The minimum atomic E-state index is 0.724. The lowest BCUT2D eigenvalue weighted by atomic mass is 10.1. The molecule has 2 nitrogen and oxygen atoms in total. The topological polar surface area (TPSA) is 22.0 Å². The second-order valence-electron chi connectivity index (χ2n) is 5.30. The number of hydrogen-bond acceptors (Lipinski definition) is 1. The molecule has 1 aromatic heterocycles. The Balaban J connectivity index is 1.98. The van der Waals surface area contributed by atoms with Crippen molar-refractivity contribution in [3.8, 4) is 0 Å². The van der Waals surface area contributed by atoms with Gasteiger partial charge < -0.3 is 4.57 Å². The Hall–Kier alpha value is -2.35. The van der Waals surface area contributed by atoms with Crippen LogP contribution in [0, 0.1) is 13.8 Å². The molecule has 0 saturated carbocycles. The van der Waals surface area contributed by atoms with Crippen LogP contribution in [0.25, 0.3) is 10.9 Å². The van der Waals surface area contributed by atoms with Gasteiger partial charge in [0.15, 0.2) is 0 Å². The summed E-state index contributed by atoms with van der Waals surface area (Å²) >= 11 is 0. The van der Waals surface area contributed by atoms with Crippen molar-refractivity contribution in [1.29, 1.82) is 0 Å². The molecule has 20 heavy (non-hydrogen) atoms. The Labute approximate surface area is 118 Å². The van der Waals surface area contributed by atoms with Gasteiger partial charge in [-0.1, -0.05) is 18.2 Å². The number of aryl methyl sites for hydroxylation is 2. The van der Waals surface area contributed by atoms with E-state index < -0.39 is 0 Å². The van der Waals surface area contributed by atoms with Crippen LogP contribution in [0.5, 0.6) is 0 Å². The van der Waals surface area contributed by atoms with Crippen molar-refractivity contribution in [3.05, 3.63) is 70.9 Å². The molecule has 0 aliphatic rings. The SMILES string of the molecule is Cc1ccc(Cn2ccc3cc(C=O)ccc32)cc1C. The molecule has 2 heteroatoms. The number of hydrogen-bond donors (Lipinski definition) is 0. The Morgan fingerprint density at radius 3 is 2.60 bits per heavy atom. The lowest BCUT2D eigenvalue weighted by Crippen LogP contribution is -1.98. The van der Waals surface area contributed by atoms with Crippen LogP contribution in [0.2, 0.25) is 0 Å². The van der Waals surface area contributed by atoms with Gasteiger partial charge in [0.2, 0.25) is 0 Å². The van der Waals surface area contributed by atoms with E-state index in [1.807, 2.05) is 18.2 Å². The summed E-state index contributed by atoms with van der Waals surface area (Å²) in [5.74, 6) is 0. The summed E-state index contributed by atoms with van der Waals surface area (Å²) in [6.45, 7) is 5.12. The van der Waals surface area contributed by atoms with E-state index in [0.717, 1.165) is 29.3 Å². The predicted molar refractivity (Wildman–Crippen MR) is 82.3 cm³/mol. The number of carbonyl (C=O) groups is 1. The molecule has 0 atom stereocenters. The molecule has 0 saturated heterocycles. The van der Waals surface area contributed by atoms with Gasteiger partial charge in [-0.05, 0) is 54.8 Å². The van der Waals surface area contributed by atoms with Gasteiger partial charge in [0.1, 0.15) is 6.29 Å². The number of nitrogens with zero attached hydrogens (tertiary/aromatic N) is 1. The summed E-state index contributed by atoms with van der Waals surface area (Å²) in [5, 5.41) is 1.11. The maximum absolute atomic E-state index is 10.8.